The molecule has 5 rings (SSSR count). The molecule has 3 aromatic rings. The van der Waals surface area contributed by atoms with Crippen LogP contribution < -0.4 is 15.4 Å². The van der Waals surface area contributed by atoms with Gasteiger partial charge in [-0.25, -0.2) is 4.98 Å². The van der Waals surface area contributed by atoms with Crippen LogP contribution in [0.25, 0.3) is 11.0 Å². The van der Waals surface area contributed by atoms with Gasteiger partial charge in [-0.15, -0.1) is 0 Å². The van der Waals surface area contributed by atoms with E-state index >= 15 is 0 Å². The van der Waals surface area contributed by atoms with Crippen LogP contribution in [-0.2, 0) is 6.42 Å². The van der Waals surface area contributed by atoms with Crippen molar-refractivity contribution < 1.29 is 4.74 Å². The van der Waals surface area contributed by atoms with Gasteiger partial charge >= 0.3 is 0 Å². The number of benzene rings is 2. The summed E-state index contributed by atoms with van der Waals surface area (Å²) in [6.45, 7) is 4.11. The third-order valence-corrected chi connectivity index (χ3v) is 6.39. The van der Waals surface area contributed by atoms with Crippen molar-refractivity contribution in [2.24, 2.45) is 11.7 Å². The van der Waals surface area contributed by atoms with Gasteiger partial charge < -0.3 is 20.4 Å². The number of piperidine rings is 1. The Labute approximate surface area is 159 Å². The molecule has 2 aliphatic heterocycles. The highest BCUT2D eigenvalue weighted by Crippen LogP contribution is 2.38. The number of nitrogens with one attached hydrogen (secondary N) is 1. The summed E-state index contributed by atoms with van der Waals surface area (Å²) in [5.74, 6) is 2.41. The van der Waals surface area contributed by atoms with E-state index in [1.54, 1.807) is 0 Å². The van der Waals surface area contributed by atoms with Crippen LogP contribution >= 0.6 is 0 Å². The molecule has 3 N–H and O–H groups in total. The van der Waals surface area contributed by atoms with E-state index in [1.807, 2.05) is 24.3 Å². The largest absolute Gasteiger partial charge is 0.488 e. The maximum atomic E-state index is 6.85. The van der Waals surface area contributed by atoms with Gasteiger partial charge in [0, 0.05) is 19.5 Å². The van der Waals surface area contributed by atoms with Gasteiger partial charge in [0.05, 0.1) is 16.6 Å². The van der Waals surface area contributed by atoms with Crippen molar-refractivity contribution in [3.8, 4) is 5.75 Å². The van der Waals surface area contributed by atoms with Crippen molar-refractivity contribution in [3.05, 3.63) is 54.1 Å². The first-order chi connectivity index (χ1) is 13.1. The Bertz CT molecular complexity index is 898. The van der Waals surface area contributed by atoms with E-state index in [9.17, 15) is 0 Å². The highest BCUT2D eigenvalue weighted by molar-refractivity contribution is 5.77. The molecule has 2 aromatic carbocycles. The van der Waals surface area contributed by atoms with E-state index in [0.717, 1.165) is 55.1 Å². The lowest BCUT2D eigenvalue weighted by Gasteiger charge is -2.43. The molecule has 0 spiro atoms. The average Bonchev–Trinajstić information content (AvgIpc) is 3.32. The predicted octanol–water partition coefficient (Wildman–Crippen LogP) is 3.50. The second-order valence-electron chi connectivity index (χ2n) is 8.12. The molecule has 1 aromatic heterocycles. The van der Waals surface area contributed by atoms with Crippen LogP contribution in [0.15, 0.2) is 48.5 Å². The first-order valence-electron chi connectivity index (χ1n) is 9.84. The number of hydrogen-bond acceptors (Lipinski definition) is 4. The zero-order valence-electron chi connectivity index (χ0n) is 15.7. The van der Waals surface area contributed by atoms with Crippen molar-refractivity contribution in [3.63, 3.8) is 0 Å². The molecule has 2 aliphatic rings. The van der Waals surface area contributed by atoms with Crippen LogP contribution in [0.2, 0.25) is 0 Å². The molecule has 0 radical (unpaired) electrons. The summed E-state index contributed by atoms with van der Waals surface area (Å²) in [5, 5.41) is 0. The standard InChI is InChI=1S/C22H26N4O/c1-22(23,20-14-15-6-2-5-9-19(15)27-20)16-10-12-26(13-11-16)21-24-17-7-3-4-8-18(17)25-21/h2-9,16,20H,10-14,23H2,1H3,(H,24,25). The molecular formula is C22H26N4O. The number of para-hydroxylation sites is 3. The van der Waals surface area contributed by atoms with E-state index in [1.165, 1.54) is 5.56 Å². The Morgan fingerprint density at radius 2 is 1.85 bits per heavy atom. The number of nitrogens with zero attached hydrogens (tertiary/aromatic N) is 2. The monoisotopic (exact) mass is 362 g/mol. The van der Waals surface area contributed by atoms with Crippen LogP contribution in [0, 0.1) is 5.92 Å². The predicted molar refractivity (Wildman–Crippen MR) is 108 cm³/mol. The van der Waals surface area contributed by atoms with Crippen LogP contribution in [0.4, 0.5) is 5.95 Å². The first-order valence-corrected chi connectivity index (χ1v) is 9.84. The molecule has 140 valence electrons. The highest BCUT2D eigenvalue weighted by Gasteiger charge is 2.43. The van der Waals surface area contributed by atoms with Gasteiger partial charge in [0.15, 0.2) is 0 Å². The quantitative estimate of drug-likeness (QED) is 0.748. The summed E-state index contributed by atoms with van der Waals surface area (Å²) < 4.78 is 6.22. The number of aromatic nitrogens is 2. The van der Waals surface area contributed by atoms with Gasteiger partial charge in [-0.2, -0.15) is 0 Å². The van der Waals surface area contributed by atoms with E-state index < -0.39 is 0 Å². The lowest BCUT2D eigenvalue weighted by molar-refractivity contribution is 0.0841. The van der Waals surface area contributed by atoms with Crippen LogP contribution in [0.3, 0.4) is 0 Å². The molecule has 5 heteroatoms. The summed E-state index contributed by atoms with van der Waals surface area (Å²) in [6, 6.07) is 16.5. The van der Waals surface area contributed by atoms with E-state index in [-0.39, 0.29) is 11.6 Å². The summed E-state index contributed by atoms with van der Waals surface area (Å²) in [6.07, 6.45) is 3.07. The van der Waals surface area contributed by atoms with Crippen LogP contribution in [0.5, 0.6) is 5.75 Å². The summed E-state index contributed by atoms with van der Waals surface area (Å²) in [7, 11) is 0. The number of imidazole rings is 1. The zero-order valence-corrected chi connectivity index (χ0v) is 15.7. The Morgan fingerprint density at radius 3 is 2.63 bits per heavy atom. The zero-order chi connectivity index (χ0) is 18.4. The molecule has 1 fully saturated rings. The number of aromatic amines is 1. The minimum atomic E-state index is -0.334. The molecule has 27 heavy (non-hydrogen) atoms. The smallest absolute Gasteiger partial charge is 0.203 e. The number of hydrogen-bond donors (Lipinski definition) is 2. The van der Waals surface area contributed by atoms with Crippen molar-refractivity contribution in [1.82, 2.24) is 9.97 Å². The third kappa shape index (κ3) is 2.86. The lowest BCUT2D eigenvalue weighted by atomic mass is 9.75. The van der Waals surface area contributed by atoms with Crippen molar-refractivity contribution in [2.45, 2.75) is 37.8 Å². The van der Waals surface area contributed by atoms with Gasteiger partial charge in [0.2, 0.25) is 5.95 Å². The first kappa shape index (κ1) is 16.6. The normalized spacial score (nSPS) is 22.4. The fourth-order valence-corrected chi connectivity index (χ4v) is 4.59. The minimum absolute atomic E-state index is 0.0534. The summed E-state index contributed by atoms with van der Waals surface area (Å²) in [4.78, 5) is 10.5. The molecular weight excluding hydrogens is 336 g/mol. The fraction of sp³-hybridized carbons (Fsp3) is 0.409. The molecule has 0 saturated carbocycles. The molecule has 1 saturated heterocycles. The maximum absolute atomic E-state index is 6.85. The van der Waals surface area contributed by atoms with E-state index in [2.05, 4.69) is 41.1 Å². The van der Waals surface area contributed by atoms with E-state index in [4.69, 9.17) is 15.5 Å². The molecule has 2 unspecified atom stereocenters. The van der Waals surface area contributed by atoms with Gasteiger partial charge in [-0.1, -0.05) is 30.3 Å². The van der Waals surface area contributed by atoms with Crippen molar-refractivity contribution >= 4 is 17.0 Å². The fourth-order valence-electron chi connectivity index (χ4n) is 4.59. The Kier molecular flexibility index (Phi) is 3.86. The Balaban J connectivity index is 1.27. The molecule has 0 aliphatic carbocycles. The maximum Gasteiger partial charge on any atom is 0.203 e. The van der Waals surface area contributed by atoms with Gasteiger partial charge in [0.25, 0.3) is 0 Å². The number of anilines is 1. The number of ether oxygens (including phenoxy) is 1. The van der Waals surface area contributed by atoms with E-state index in [0.29, 0.717) is 5.92 Å². The topological polar surface area (TPSA) is 67.2 Å². The number of nitrogens with two attached hydrogens (primary N) is 1. The number of H-pyrrole nitrogens is 1. The van der Waals surface area contributed by atoms with Gasteiger partial charge in [0.1, 0.15) is 11.9 Å². The summed E-state index contributed by atoms with van der Waals surface area (Å²) in [5.41, 5.74) is 9.91. The van der Waals surface area contributed by atoms with Crippen molar-refractivity contribution in [2.75, 3.05) is 18.0 Å². The van der Waals surface area contributed by atoms with Gasteiger partial charge in [-0.3, -0.25) is 0 Å². The SMILES string of the molecule is CC(N)(C1CCN(c2nc3ccccc3[nH]2)CC1)C1Cc2ccccc2O1. The number of rotatable bonds is 3. The minimum Gasteiger partial charge on any atom is -0.488 e. The molecule has 5 nitrogen and oxygen atoms in total. The Morgan fingerprint density at radius 1 is 1.11 bits per heavy atom. The Hall–Kier alpha value is -2.53. The molecule has 0 bridgehead atoms. The molecule has 2 atom stereocenters. The average molecular weight is 362 g/mol. The third-order valence-electron chi connectivity index (χ3n) is 6.39. The second kappa shape index (κ2) is 6.27. The highest BCUT2D eigenvalue weighted by atomic mass is 16.5. The van der Waals surface area contributed by atoms with Crippen molar-refractivity contribution in [1.29, 1.82) is 0 Å². The molecule has 3 heterocycles. The van der Waals surface area contributed by atoms with Gasteiger partial charge in [-0.05, 0) is 49.4 Å². The lowest BCUT2D eigenvalue weighted by Crippen LogP contribution is -2.58. The van der Waals surface area contributed by atoms with Crippen LogP contribution in [-0.4, -0.2) is 34.7 Å². The summed E-state index contributed by atoms with van der Waals surface area (Å²) >= 11 is 0. The van der Waals surface area contributed by atoms with Crippen LogP contribution in [0.1, 0.15) is 25.3 Å². The second-order valence-corrected chi connectivity index (χ2v) is 8.12. The number of fused-ring (bicyclic) bond motifs is 2. The molecule has 0 amide bonds.